The number of amides is 2. The summed E-state index contributed by atoms with van der Waals surface area (Å²) in [5, 5.41) is 6.81. The highest BCUT2D eigenvalue weighted by Gasteiger charge is 2.15. The molecule has 6 nitrogen and oxygen atoms in total. The first-order valence-corrected chi connectivity index (χ1v) is 10.3. The van der Waals surface area contributed by atoms with Crippen LogP contribution < -0.4 is 11.1 Å². The first-order chi connectivity index (χ1) is 14.6. The van der Waals surface area contributed by atoms with E-state index in [-0.39, 0.29) is 10.2 Å². The maximum absolute atomic E-state index is 12.1. The molecule has 0 fully saturated rings. The van der Waals surface area contributed by atoms with Crippen LogP contribution in [0.4, 0.5) is 5.69 Å². The highest BCUT2D eigenvalue weighted by Crippen LogP contribution is 2.35. The van der Waals surface area contributed by atoms with E-state index in [0.29, 0.717) is 16.8 Å². The number of anilines is 1. The molecule has 0 radical (unpaired) electrons. The molecule has 2 amide bonds. The maximum Gasteiger partial charge on any atom is 0.250 e. The van der Waals surface area contributed by atoms with E-state index in [2.05, 4.69) is 21.9 Å². The van der Waals surface area contributed by atoms with Gasteiger partial charge in [-0.2, -0.15) is 0 Å². The molecule has 0 saturated heterocycles. The predicted octanol–water partition coefficient (Wildman–Crippen LogP) is 5.04. The largest absolute Gasteiger partial charge is 0.366 e. The van der Waals surface area contributed by atoms with Crippen LogP contribution in [0.3, 0.4) is 0 Å². The second-order valence-corrected chi connectivity index (χ2v) is 7.77. The molecule has 0 spiro atoms. The number of aromatic nitrogens is 2. The van der Waals surface area contributed by atoms with Crippen molar-refractivity contribution in [3.63, 3.8) is 0 Å². The van der Waals surface area contributed by atoms with Gasteiger partial charge in [0.15, 0.2) is 0 Å². The standard InChI is InChI=1S/C23H20N4O2S.3H2/c1-2-20(28)27-19-13-14(4-8-21-25-11-12-30-21)3-5-16(19)15-6-7-18(23(24)29)22-17(15)9-10-26-22;;;/h2-3,5-7,9-13,26H,1,4,8H2,(H2,24,29)(H,27,28);3*1H. The van der Waals surface area contributed by atoms with Crippen molar-refractivity contribution in [2.75, 3.05) is 5.32 Å². The molecule has 0 saturated carbocycles. The van der Waals surface area contributed by atoms with Crippen LogP contribution in [-0.4, -0.2) is 21.8 Å². The number of primary amides is 1. The van der Waals surface area contributed by atoms with Crippen molar-refractivity contribution in [3.8, 4) is 11.1 Å². The minimum Gasteiger partial charge on any atom is -0.366 e. The van der Waals surface area contributed by atoms with Gasteiger partial charge in [0.2, 0.25) is 5.91 Å². The van der Waals surface area contributed by atoms with Crippen LogP contribution >= 0.6 is 11.3 Å². The summed E-state index contributed by atoms with van der Waals surface area (Å²) in [7, 11) is 0. The van der Waals surface area contributed by atoms with Crippen molar-refractivity contribution in [3.05, 3.63) is 83.0 Å². The predicted molar refractivity (Wildman–Crippen MR) is 127 cm³/mol. The Morgan fingerprint density at radius 1 is 1.20 bits per heavy atom. The van der Waals surface area contributed by atoms with Gasteiger partial charge in [-0.1, -0.05) is 24.8 Å². The summed E-state index contributed by atoms with van der Waals surface area (Å²) >= 11 is 1.63. The van der Waals surface area contributed by atoms with Gasteiger partial charge in [0, 0.05) is 45.1 Å². The molecule has 0 aliphatic carbocycles. The number of H-pyrrole nitrogens is 1. The number of nitrogens with one attached hydrogen (secondary N) is 2. The van der Waals surface area contributed by atoms with Crippen molar-refractivity contribution in [1.29, 1.82) is 0 Å². The lowest BCUT2D eigenvalue weighted by Gasteiger charge is -2.14. The van der Waals surface area contributed by atoms with Crippen LogP contribution in [0.25, 0.3) is 22.0 Å². The van der Waals surface area contributed by atoms with Crippen LogP contribution in [0.5, 0.6) is 0 Å². The molecule has 4 aromatic rings. The molecular weight excluding hydrogens is 396 g/mol. The quantitative estimate of drug-likeness (QED) is 0.364. The van der Waals surface area contributed by atoms with Crippen LogP contribution in [0, 0.1) is 0 Å². The number of aromatic amines is 1. The summed E-state index contributed by atoms with van der Waals surface area (Å²) < 4.78 is 0. The second-order valence-electron chi connectivity index (χ2n) is 6.79. The smallest absolute Gasteiger partial charge is 0.250 e. The number of nitrogens with two attached hydrogens (primary N) is 1. The molecule has 0 aliphatic rings. The van der Waals surface area contributed by atoms with Crippen LogP contribution in [0.2, 0.25) is 0 Å². The van der Waals surface area contributed by atoms with E-state index in [4.69, 9.17) is 5.73 Å². The number of benzene rings is 2. The Balaban J connectivity index is 0.00000181. The van der Waals surface area contributed by atoms with Gasteiger partial charge in [-0.25, -0.2) is 4.98 Å². The summed E-state index contributed by atoms with van der Waals surface area (Å²) in [5.41, 5.74) is 10.1. The van der Waals surface area contributed by atoms with Gasteiger partial charge in [-0.15, -0.1) is 11.3 Å². The molecule has 0 unspecified atom stereocenters. The van der Waals surface area contributed by atoms with Gasteiger partial charge in [-0.3, -0.25) is 9.59 Å². The zero-order chi connectivity index (χ0) is 21.1. The Morgan fingerprint density at radius 3 is 2.77 bits per heavy atom. The summed E-state index contributed by atoms with van der Waals surface area (Å²) in [6.45, 7) is 3.55. The Bertz CT molecular complexity index is 1260. The third-order valence-corrected chi connectivity index (χ3v) is 5.76. The summed E-state index contributed by atoms with van der Waals surface area (Å²) in [6.07, 6.45) is 6.46. The van der Waals surface area contributed by atoms with Crippen molar-refractivity contribution in [1.82, 2.24) is 9.97 Å². The van der Waals surface area contributed by atoms with Gasteiger partial charge in [0.1, 0.15) is 0 Å². The minimum atomic E-state index is -0.494. The Morgan fingerprint density at radius 2 is 2.03 bits per heavy atom. The van der Waals surface area contributed by atoms with Crippen molar-refractivity contribution in [2.24, 2.45) is 5.73 Å². The molecule has 30 heavy (non-hydrogen) atoms. The minimum absolute atomic E-state index is 0. The monoisotopic (exact) mass is 422 g/mol. The second kappa shape index (κ2) is 8.34. The molecule has 156 valence electrons. The Kier molecular flexibility index (Phi) is 5.45. The summed E-state index contributed by atoms with van der Waals surface area (Å²) in [5.74, 6) is -0.779. The average molecular weight is 423 g/mol. The molecular formula is C23H26N4O2S. The van der Waals surface area contributed by atoms with E-state index < -0.39 is 5.91 Å². The van der Waals surface area contributed by atoms with E-state index in [1.165, 1.54) is 6.08 Å². The molecule has 0 aliphatic heterocycles. The third-order valence-electron chi connectivity index (χ3n) is 4.92. The lowest BCUT2D eigenvalue weighted by molar-refractivity contribution is -0.111. The topological polar surface area (TPSA) is 101 Å². The molecule has 2 heterocycles. The molecule has 4 N–H and O–H groups in total. The molecule has 0 bridgehead atoms. The lowest BCUT2D eigenvalue weighted by atomic mass is 9.95. The number of hydrogen-bond donors (Lipinski definition) is 3. The normalized spacial score (nSPS) is 10.8. The van der Waals surface area contributed by atoms with Gasteiger partial charge in [0.25, 0.3) is 5.91 Å². The van der Waals surface area contributed by atoms with E-state index in [9.17, 15) is 9.59 Å². The van der Waals surface area contributed by atoms with Crippen LogP contribution in [0.1, 0.15) is 25.2 Å². The SMILES string of the molecule is C=CC(=O)Nc1cc(CCc2nccs2)ccc1-c1ccc(C(N)=O)c2[nH]ccc12.[HH].[HH].[HH]. The van der Waals surface area contributed by atoms with Crippen LogP contribution in [0.15, 0.2) is 66.8 Å². The summed E-state index contributed by atoms with van der Waals surface area (Å²) in [4.78, 5) is 31.2. The zero-order valence-corrected chi connectivity index (χ0v) is 17.0. The number of carbonyl (C=O) groups is 2. The molecule has 7 heteroatoms. The van der Waals surface area contributed by atoms with E-state index in [0.717, 1.165) is 39.9 Å². The summed E-state index contributed by atoms with van der Waals surface area (Å²) in [6, 6.07) is 11.5. The number of thiazole rings is 1. The van der Waals surface area contributed by atoms with Gasteiger partial charge >= 0.3 is 0 Å². The molecule has 2 aromatic heterocycles. The number of rotatable bonds is 7. The van der Waals surface area contributed by atoms with Gasteiger partial charge in [-0.05, 0) is 41.8 Å². The average Bonchev–Trinajstić information content (AvgIpc) is 3.43. The van der Waals surface area contributed by atoms with Crippen molar-refractivity contribution >= 4 is 39.7 Å². The molecule has 2 aromatic carbocycles. The van der Waals surface area contributed by atoms with Crippen molar-refractivity contribution < 1.29 is 13.9 Å². The van der Waals surface area contributed by atoms with Gasteiger partial charge < -0.3 is 16.0 Å². The maximum atomic E-state index is 12.1. The van der Waals surface area contributed by atoms with E-state index >= 15 is 0 Å². The number of aryl methyl sites for hydroxylation is 2. The molecule has 4 rings (SSSR count). The Labute approximate surface area is 181 Å². The fraction of sp³-hybridized carbons (Fsp3) is 0.0870. The fourth-order valence-electron chi connectivity index (χ4n) is 3.49. The first-order valence-electron chi connectivity index (χ1n) is 9.42. The van der Waals surface area contributed by atoms with Crippen molar-refractivity contribution in [2.45, 2.75) is 12.8 Å². The number of nitrogens with zero attached hydrogens (tertiary/aromatic N) is 1. The van der Waals surface area contributed by atoms with Gasteiger partial charge in [0.05, 0.1) is 16.1 Å². The Hall–Kier alpha value is -3.71. The number of carbonyl (C=O) groups excluding carboxylic acids is 2. The highest BCUT2D eigenvalue weighted by atomic mass is 32.1. The third kappa shape index (κ3) is 3.88. The highest BCUT2D eigenvalue weighted by molar-refractivity contribution is 7.09. The molecule has 0 atom stereocenters. The first kappa shape index (κ1) is 19.6. The fourth-order valence-corrected chi connectivity index (χ4v) is 4.11. The zero-order valence-electron chi connectivity index (χ0n) is 16.1. The van der Waals surface area contributed by atoms with Crippen LogP contribution in [-0.2, 0) is 17.6 Å². The van der Waals surface area contributed by atoms with E-state index in [1.807, 2.05) is 35.7 Å². The van der Waals surface area contributed by atoms with E-state index in [1.54, 1.807) is 29.8 Å². The number of hydrogen-bond acceptors (Lipinski definition) is 4. The number of fused-ring (bicyclic) bond motifs is 1. The lowest BCUT2D eigenvalue weighted by Crippen LogP contribution is -2.12.